The topological polar surface area (TPSA) is 101 Å². The minimum Gasteiger partial charge on any atom is -0.366 e. The number of nitrogens with zero attached hydrogens (tertiary/aromatic N) is 1. The zero-order valence-electron chi connectivity index (χ0n) is 16.1. The van der Waals surface area contributed by atoms with Crippen LogP contribution in [0.4, 0.5) is 5.82 Å². The van der Waals surface area contributed by atoms with E-state index in [9.17, 15) is 9.59 Å². The third-order valence-electron chi connectivity index (χ3n) is 4.70. The van der Waals surface area contributed by atoms with Crippen LogP contribution in [0.3, 0.4) is 0 Å². The fraction of sp³-hybridized carbons (Fsp3) is 0.0417. The Balaban J connectivity index is 1.58. The van der Waals surface area contributed by atoms with Crippen LogP contribution in [-0.2, 0) is 16.0 Å². The van der Waals surface area contributed by atoms with Crippen molar-refractivity contribution in [2.75, 3.05) is 5.32 Å². The third-order valence-corrected chi connectivity index (χ3v) is 4.70. The summed E-state index contributed by atoms with van der Waals surface area (Å²) in [7, 11) is 0. The molecule has 4 N–H and O–H groups in total. The van der Waals surface area contributed by atoms with Gasteiger partial charge in [0.05, 0.1) is 6.42 Å². The second-order valence-corrected chi connectivity index (χ2v) is 6.84. The van der Waals surface area contributed by atoms with Gasteiger partial charge in [-0.25, -0.2) is 4.98 Å². The Bertz CT molecular complexity index is 1230. The van der Waals surface area contributed by atoms with Gasteiger partial charge < -0.3 is 16.0 Å². The largest absolute Gasteiger partial charge is 0.366 e. The summed E-state index contributed by atoms with van der Waals surface area (Å²) in [6.07, 6.45) is 3.78. The number of H-pyrrole nitrogens is 1. The molecule has 148 valence electrons. The molecule has 0 saturated carbocycles. The number of anilines is 1. The molecule has 4 rings (SSSR count). The van der Waals surface area contributed by atoms with Crippen LogP contribution in [0, 0.1) is 0 Å². The summed E-state index contributed by atoms with van der Waals surface area (Å²) in [5.74, 6) is -0.188. The van der Waals surface area contributed by atoms with E-state index >= 15 is 0 Å². The van der Waals surface area contributed by atoms with Crippen LogP contribution in [0.1, 0.15) is 16.7 Å². The summed E-state index contributed by atoms with van der Waals surface area (Å²) in [5, 5.41) is 3.64. The molecule has 0 spiro atoms. The molecule has 0 unspecified atom stereocenters. The van der Waals surface area contributed by atoms with Crippen LogP contribution >= 0.6 is 0 Å². The lowest BCUT2D eigenvalue weighted by molar-refractivity contribution is -0.115. The average Bonchev–Trinajstić information content (AvgIpc) is 3.15. The quantitative estimate of drug-likeness (QED) is 0.433. The Hall–Kier alpha value is -4.19. The monoisotopic (exact) mass is 396 g/mol. The highest BCUT2D eigenvalue weighted by Gasteiger charge is 2.12. The Morgan fingerprint density at radius 3 is 2.37 bits per heavy atom. The third kappa shape index (κ3) is 4.28. The van der Waals surface area contributed by atoms with E-state index in [1.165, 1.54) is 0 Å². The molecule has 0 aliphatic carbocycles. The highest BCUT2D eigenvalue weighted by Crippen LogP contribution is 2.24. The molecular weight excluding hydrogens is 376 g/mol. The lowest BCUT2D eigenvalue weighted by Gasteiger charge is -2.05. The molecule has 0 saturated heterocycles. The van der Waals surface area contributed by atoms with Crippen LogP contribution in [0.5, 0.6) is 0 Å². The van der Waals surface area contributed by atoms with Gasteiger partial charge >= 0.3 is 0 Å². The van der Waals surface area contributed by atoms with Crippen molar-refractivity contribution in [3.63, 3.8) is 0 Å². The molecule has 0 radical (unpaired) electrons. The zero-order valence-corrected chi connectivity index (χ0v) is 16.1. The first-order valence-corrected chi connectivity index (χ1v) is 9.49. The lowest BCUT2D eigenvalue weighted by Crippen LogP contribution is -2.15. The smallest absolute Gasteiger partial charge is 0.249 e. The van der Waals surface area contributed by atoms with Crippen molar-refractivity contribution in [3.8, 4) is 0 Å². The maximum absolute atomic E-state index is 12.3. The molecule has 2 aromatic carbocycles. The first-order chi connectivity index (χ1) is 14.6. The van der Waals surface area contributed by atoms with Gasteiger partial charge in [-0.2, -0.15) is 0 Å². The molecule has 0 aliphatic rings. The highest BCUT2D eigenvalue weighted by atomic mass is 16.2. The molecule has 2 amide bonds. The number of benzene rings is 2. The number of hydrogen-bond acceptors (Lipinski definition) is 3. The van der Waals surface area contributed by atoms with Crippen LogP contribution < -0.4 is 11.1 Å². The number of rotatable bonds is 6. The molecule has 6 heteroatoms. The van der Waals surface area contributed by atoms with E-state index in [-0.39, 0.29) is 12.3 Å². The van der Waals surface area contributed by atoms with Crippen molar-refractivity contribution in [1.82, 2.24) is 9.97 Å². The highest BCUT2D eigenvalue weighted by molar-refractivity contribution is 6.24. The number of amides is 2. The van der Waals surface area contributed by atoms with E-state index < -0.39 is 5.91 Å². The molecular formula is C24H20N4O2. The minimum atomic E-state index is -0.506. The second kappa shape index (κ2) is 8.45. The van der Waals surface area contributed by atoms with E-state index in [4.69, 9.17) is 5.73 Å². The summed E-state index contributed by atoms with van der Waals surface area (Å²) < 4.78 is 0. The molecule has 4 aromatic rings. The fourth-order valence-electron chi connectivity index (χ4n) is 3.25. The van der Waals surface area contributed by atoms with Gasteiger partial charge in [0.2, 0.25) is 11.8 Å². The number of hydrogen-bond donors (Lipinski definition) is 3. The van der Waals surface area contributed by atoms with E-state index in [1.54, 1.807) is 18.3 Å². The molecule has 0 fully saturated rings. The van der Waals surface area contributed by atoms with Crippen molar-refractivity contribution in [2.24, 2.45) is 5.73 Å². The number of aromatic amines is 1. The maximum atomic E-state index is 12.3. The number of nitrogens with one attached hydrogen (secondary N) is 2. The molecule has 0 bridgehead atoms. The maximum Gasteiger partial charge on any atom is 0.249 e. The fourth-order valence-corrected chi connectivity index (χ4v) is 3.25. The number of pyridine rings is 1. The molecule has 6 nitrogen and oxygen atoms in total. The number of carbonyl (C=O) groups is 2. The van der Waals surface area contributed by atoms with Gasteiger partial charge in [-0.05, 0) is 29.3 Å². The summed E-state index contributed by atoms with van der Waals surface area (Å²) in [6, 6.07) is 22.4. The predicted molar refractivity (Wildman–Crippen MR) is 118 cm³/mol. The predicted octanol–water partition coefficient (Wildman–Crippen LogP) is 3.77. The number of nitrogens with two attached hydrogens (primary N) is 1. The number of fused-ring (bicyclic) bond motifs is 1. The van der Waals surface area contributed by atoms with Crippen molar-refractivity contribution in [3.05, 3.63) is 95.7 Å². The van der Waals surface area contributed by atoms with Crippen molar-refractivity contribution in [2.45, 2.75) is 6.42 Å². The first-order valence-electron chi connectivity index (χ1n) is 9.49. The van der Waals surface area contributed by atoms with Crippen molar-refractivity contribution < 1.29 is 9.59 Å². The van der Waals surface area contributed by atoms with Gasteiger partial charge in [-0.15, -0.1) is 0 Å². The van der Waals surface area contributed by atoms with Crippen molar-refractivity contribution >= 4 is 40.3 Å². The van der Waals surface area contributed by atoms with Crippen LogP contribution in [0.25, 0.3) is 22.7 Å². The molecule has 0 atom stereocenters. The first kappa shape index (κ1) is 19.1. The summed E-state index contributed by atoms with van der Waals surface area (Å²) in [6.45, 7) is 0. The van der Waals surface area contributed by atoms with Gasteiger partial charge in [0.15, 0.2) is 0 Å². The SMILES string of the molecule is NC(=O)/C(=C/c1c[nH]c2nc(NC(=O)Cc3ccccc3)ccc12)c1ccccc1. The van der Waals surface area contributed by atoms with Gasteiger partial charge in [-0.3, -0.25) is 9.59 Å². The van der Waals surface area contributed by atoms with Crippen LogP contribution in [-0.4, -0.2) is 21.8 Å². The molecule has 2 heterocycles. The molecule has 2 aromatic heterocycles. The van der Waals surface area contributed by atoms with E-state index in [1.807, 2.05) is 66.7 Å². The summed E-state index contributed by atoms with van der Waals surface area (Å²) in [5.41, 5.74) is 9.08. The Morgan fingerprint density at radius 1 is 0.967 bits per heavy atom. The van der Waals surface area contributed by atoms with Crippen LogP contribution in [0.2, 0.25) is 0 Å². The summed E-state index contributed by atoms with van der Waals surface area (Å²) in [4.78, 5) is 31.8. The van der Waals surface area contributed by atoms with E-state index in [2.05, 4.69) is 15.3 Å². The normalized spacial score (nSPS) is 11.4. The van der Waals surface area contributed by atoms with E-state index in [0.717, 1.165) is 22.1 Å². The van der Waals surface area contributed by atoms with Gasteiger partial charge in [-0.1, -0.05) is 60.7 Å². The number of carbonyl (C=O) groups excluding carboxylic acids is 2. The minimum absolute atomic E-state index is 0.139. The lowest BCUT2D eigenvalue weighted by atomic mass is 10.0. The molecule has 0 aliphatic heterocycles. The Labute approximate surface area is 173 Å². The van der Waals surface area contributed by atoms with Crippen molar-refractivity contribution in [1.29, 1.82) is 0 Å². The van der Waals surface area contributed by atoms with Gasteiger partial charge in [0.1, 0.15) is 11.5 Å². The van der Waals surface area contributed by atoms with Gasteiger partial charge in [0, 0.05) is 22.7 Å². The molecule has 30 heavy (non-hydrogen) atoms. The summed E-state index contributed by atoms with van der Waals surface area (Å²) >= 11 is 0. The van der Waals surface area contributed by atoms with Gasteiger partial charge in [0.25, 0.3) is 0 Å². The zero-order chi connectivity index (χ0) is 20.9. The number of primary amides is 1. The Morgan fingerprint density at radius 2 is 1.67 bits per heavy atom. The number of aromatic nitrogens is 2. The second-order valence-electron chi connectivity index (χ2n) is 6.84. The van der Waals surface area contributed by atoms with E-state index in [0.29, 0.717) is 17.0 Å². The average molecular weight is 396 g/mol. The Kier molecular flexibility index (Phi) is 5.39. The standard InChI is InChI=1S/C24H20N4O2/c25-23(30)20(17-9-5-2-6-10-17)14-18-15-26-24-19(18)11-12-21(28-24)27-22(29)13-16-7-3-1-4-8-16/h1-12,14-15H,13H2,(H2,25,30)(H2,26,27,28,29)/b20-14+. The van der Waals surface area contributed by atoms with Crippen LogP contribution in [0.15, 0.2) is 79.0 Å².